The van der Waals surface area contributed by atoms with Crippen LogP contribution in [0.25, 0.3) is 66.1 Å². The molecule has 0 saturated carbocycles. The van der Waals surface area contributed by atoms with Gasteiger partial charge in [0.1, 0.15) is 34.6 Å². The van der Waals surface area contributed by atoms with Crippen LogP contribution in [-0.2, 0) is 0 Å². The molecular formula is C62H39N2O2+. The normalized spacial score (nSPS) is 12.8. The number of benzene rings is 10. The van der Waals surface area contributed by atoms with E-state index in [1.165, 1.54) is 26.1 Å². The van der Waals surface area contributed by atoms with E-state index < -0.39 is 0 Å². The van der Waals surface area contributed by atoms with E-state index in [1.807, 2.05) is 12.1 Å². The van der Waals surface area contributed by atoms with Crippen molar-refractivity contribution in [2.75, 3.05) is 11.4 Å². The van der Waals surface area contributed by atoms with Crippen LogP contribution in [0.4, 0.5) is 22.7 Å². The largest absolute Gasteiger partial charge is 0.455 e. The molecule has 1 aliphatic carbocycles. The summed E-state index contributed by atoms with van der Waals surface area (Å²) in [7, 11) is 0. The van der Waals surface area contributed by atoms with E-state index in [1.54, 1.807) is 0 Å². The molecule has 0 amide bonds. The topological polar surface area (TPSA) is 32.5 Å². The molecule has 4 heteroatoms. The van der Waals surface area contributed by atoms with E-state index in [4.69, 9.17) is 8.83 Å². The van der Waals surface area contributed by atoms with Crippen LogP contribution in [0.5, 0.6) is 0 Å². The SMILES string of the molecule is C1=[N+](c2ccccc2)c2cc3c(cc2N(c2ccccc2)C1)=c1ccc(-c2cccc4c2oc2ccccc24)cc1=c1cc(-c2cccc4c2oc2ccccc24)ccc1=c1ccccc1=3. The molecule has 0 fully saturated rings. The predicted octanol–water partition coefficient (Wildman–Crippen LogP) is 15.3. The molecule has 12 aromatic rings. The van der Waals surface area contributed by atoms with Gasteiger partial charge >= 0.3 is 0 Å². The maximum absolute atomic E-state index is 6.68. The minimum absolute atomic E-state index is 0.716. The number of rotatable bonds is 4. The van der Waals surface area contributed by atoms with Gasteiger partial charge in [-0.25, -0.2) is 0 Å². The summed E-state index contributed by atoms with van der Waals surface area (Å²) in [6.45, 7) is 0.716. The van der Waals surface area contributed by atoms with Gasteiger partial charge in [-0.1, -0.05) is 158 Å². The molecule has 14 rings (SSSR count). The Kier molecular flexibility index (Phi) is 8.01. The van der Waals surface area contributed by atoms with Gasteiger partial charge in [0.25, 0.3) is 0 Å². The van der Waals surface area contributed by atoms with Gasteiger partial charge in [0.2, 0.25) is 11.4 Å². The second kappa shape index (κ2) is 14.4. The minimum atomic E-state index is 0.716. The molecule has 0 unspecified atom stereocenters. The van der Waals surface area contributed by atoms with Crippen molar-refractivity contribution < 1.29 is 8.83 Å². The zero-order valence-electron chi connectivity index (χ0n) is 35.8. The van der Waals surface area contributed by atoms with Gasteiger partial charge in [0.05, 0.1) is 0 Å². The Morgan fingerprint density at radius 3 is 1.45 bits per heavy atom. The second-order valence-electron chi connectivity index (χ2n) is 17.3. The van der Waals surface area contributed by atoms with Crippen LogP contribution in [0.2, 0.25) is 0 Å². The van der Waals surface area contributed by atoms with E-state index in [0.29, 0.717) is 6.54 Å². The van der Waals surface area contributed by atoms with Crippen molar-refractivity contribution in [2.45, 2.75) is 0 Å². The fraction of sp³-hybridized carbons (Fsp3) is 0.0161. The van der Waals surface area contributed by atoms with Crippen molar-refractivity contribution in [3.63, 3.8) is 0 Å². The Morgan fingerprint density at radius 1 is 0.364 bits per heavy atom. The van der Waals surface area contributed by atoms with Crippen molar-refractivity contribution in [3.05, 3.63) is 260 Å². The van der Waals surface area contributed by atoms with Crippen LogP contribution in [0.1, 0.15) is 0 Å². The quantitative estimate of drug-likeness (QED) is 0.165. The number of hydrogen-bond donors (Lipinski definition) is 0. The lowest BCUT2D eigenvalue weighted by molar-refractivity contribution is 0.669. The van der Waals surface area contributed by atoms with Gasteiger partial charge < -0.3 is 13.7 Å². The van der Waals surface area contributed by atoms with E-state index in [-0.39, 0.29) is 0 Å². The number of furan rings is 2. The second-order valence-corrected chi connectivity index (χ2v) is 17.3. The molecule has 0 saturated heterocycles. The van der Waals surface area contributed by atoms with Crippen LogP contribution >= 0.6 is 0 Å². The third kappa shape index (κ3) is 5.55. The summed E-state index contributed by atoms with van der Waals surface area (Å²) in [5.74, 6) is 0. The molecule has 0 spiro atoms. The highest BCUT2D eigenvalue weighted by Gasteiger charge is 2.28. The van der Waals surface area contributed by atoms with Crippen LogP contribution in [0.15, 0.2) is 227 Å². The van der Waals surface area contributed by atoms with Crippen LogP contribution in [-0.4, -0.2) is 12.8 Å². The highest BCUT2D eigenvalue weighted by Crippen LogP contribution is 2.41. The molecule has 2 aliphatic rings. The number of nitrogens with zero attached hydrogens (tertiary/aromatic N) is 2. The van der Waals surface area contributed by atoms with Gasteiger partial charge in [-0.05, 0) is 95.3 Å². The van der Waals surface area contributed by atoms with E-state index in [2.05, 4.69) is 222 Å². The zero-order valence-corrected chi connectivity index (χ0v) is 35.8. The minimum Gasteiger partial charge on any atom is -0.455 e. The molecule has 1 aliphatic heterocycles. The first-order valence-corrected chi connectivity index (χ1v) is 22.6. The highest BCUT2D eigenvalue weighted by molar-refractivity contribution is 6.10. The summed E-state index contributed by atoms with van der Waals surface area (Å²) in [5, 5.41) is 13.9. The number of anilines is 2. The lowest BCUT2D eigenvalue weighted by Crippen LogP contribution is -2.29. The zero-order chi connectivity index (χ0) is 43.3. The maximum Gasteiger partial charge on any atom is 0.235 e. The predicted molar refractivity (Wildman–Crippen MR) is 269 cm³/mol. The molecule has 0 radical (unpaired) electrons. The van der Waals surface area contributed by atoms with Gasteiger partial charge in [0, 0.05) is 56.6 Å². The van der Waals surface area contributed by atoms with Crippen molar-refractivity contribution in [1.29, 1.82) is 0 Å². The smallest absolute Gasteiger partial charge is 0.235 e. The Bertz CT molecular complexity index is 4440. The standard InChI is InChI=1S/C62H39N2O2/c1-3-15-41(16-4-1)63-33-34-64(42-17-5-2-6-18-42)58-38-56-48-32-30-40(44-24-14-26-52-50-22-10-12-28-60(50)66-62(44)52)36-54(48)53-35-39(43-23-13-25-51-49-21-9-11-27-59(49)65-61(43)51)29-31-47(53)45-19-7-8-20-46(45)55(56)37-57(58)63/h1-33,35-38H,34H2/q+1. The lowest BCUT2D eigenvalue weighted by Gasteiger charge is -2.27. The molecule has 0 bridgehead atoms. The first-order valence-electron chi connectivity index (χ1n) is 22.6. The van der Waals surface area contributed by atoms with E-state index in [0.717, 1.165) is 105 Å². The lowest BCUT2D eigenvalue weighted by atomic mass is 9.95. The Balaban J connectivity index is 1.17. The number of hydrogen-bond acceptors (Lipinski definition) is 3. The Hall–Kier alpha value is -8.73. The van der Waals surface area contributed by atoms with Crippen molar-refractivity contribution in [1.82, 2.24) is 4.58 Å². The molecule has 10 aromatic carbocycles. The fourth-order valence-electron chi connectivity index (χ4n) is 10.7. The Labute approximate surface area is 378 Å². The monoisotopic (exact) mass is 843 g/mol. The molecule has 3 heterocycles. The highest BCUT2D eigenvalue weighted by atomic mass is 16.3. The first kappa shape index (κ1) is 36.7. The van der Waals surface area contributed by atoms with Crippen LogP contribution < -0.4 is 9.48 Å². The molecular weight excluding hydrogens is 805 g/mol. The van der Waals surface area contributed by atoms with Crippen molar-refractivity contribution in [2.24, 2.45) is 0 Å². The molecule has 66 heavy (non-hydrogen) atoms. The molecule has 0 atom stereocenters. The summed E-state index contributed by atoms with van der Waals surface area (Å²) in [6.07, 6.45) is 2.31. The molecule has 2 aromatic heterocycles. The van der Waals surface area contributed by atoms with E-state index >= 15 is 0 Å². The molecule has 4 nitrogen and oxygen atoms in total. The van der Waals surface area contributed by atoms with Crippen molar-refractivity contribution in [3.8, 4) is 22.3 Å². The summed E-state index contributed by atoms with van der Waals surface area (Å²) in [6, 6.07) is 79.0. The average Bonchev–Trinajstić information content (AvgIpc) is 3.97. The number of para-hydroxylation sites is 6. The summed E-state index contributed by atoms with van der Waals surface area (Å²) >= 11 is 0. The molecule has 308 valence electrons. The van der Waals surface area contributed by atoms with Gasteiger partial charge in [0.15, 0.2) is 6.21 Å². The van der Waals surface area contributed by atoms with Crippen LogP contribution in [0.3, 0.4) is 0 Å². The maximum atomic E-state index is 6.68. The Morgan fingerprint density at radius 2 is 0.833 bits per heavy atom. The molecule has 0 N–H and O–H groups in total. The van der Waals surface area contributed by atoms with Crippen LogP contribution in [0, 0.1) is 41.7 Å². The first-order chi connectivity index (χ1) is 32.7. The summed E-state index contributed by atoms with van der Waals surface area (Å²) in [5.41, 5.74) is 12.5. The van der Waals surface area contributed by atoms with Crippen molar-refractivity contribution >= 4 is 72.8 Å². The number of fused-ring (bicyclic) bond motifs is 11. The summed E-state index contributed by atoms with van der Waals surface area (Å²) in [4.78, 5) is 2.44. The van der Waals surface area contributed by atoms with Gasteiger partial charge in [-0.15, -0.1) is 0 Å². The van der Waals surface area contributed by atoms with Gasteiger partial charge in [-0.2, -0.15) is 4.58 Å². The summed E-state index contributed by atoms with van der Waals surface area (Å²) < 4.78 is 15.7. The van der Waals surface area contributed by atoms with E-state index in [9.17, 15) is 0 Å². The average molecular weight is 844 g/mol. The fourth-order valence-corrected chi connectivity index (χ4v) is 10.7. The van der Waals surface area contributed by atoms with Gasteiger partial charge in [-0.3, -0.25) is 0 Å². The third-order valence-electron chi connectivity index (χ3n) is 13.8. The third-order valence-corrected chi connectivity index (χ3v) is 13.8.